The van der Waals surface area contributed by atoms with E-state index in [0.717, 1.165) is 11.8 Å². The quantitative estimate of drug-likeness (QED) is 0.793. The minimum atomic E-state index is -4.65. The molecule has 0 fully saturated rings. The Morgan fingerprint density at radius 3 is 2.85 bits per heavy atom. The Hall–Kier alpha value is -2.25. The van der Waals surface area contributed by atoms with Gasteiger partial charge in [0.05, 0.1) is 6.54 Å². The van der Waals surface area contributed by atoms with E-state index in [4.69, 9.17) is 0 Å². The molecule has 1 aliphatic rings. The van der Waals surface area contributed by atoms with Crippen LogP contribution in [-0.4, -0.2) is 41.1 Å². The fraction of sp³-hybridized carbons (Fsp3) is 0.333. The van der Waals surface area contributed by atoms with Crippen LogP contribution in [0.5, 0.6) is 0 Å². The van der Waals surface area contributed by atoms with Gasteiger partial charge in [0.15, 0.2) is 5.71 Å². The molecule has 2 heterocycles. The van der Waals surface area contributed by atoms with Crippen molar-refractivity contribution in [3.8, 4) is 0 Å². The van der Waals surface area contributed by atoms with Gasteiger partial charge in [-0.05, 0) is 11.6 Å². The van der Waals surface area contributed by atoms with Crippen molar-refractivity contribution in [2.75, 3.05) is 7.05 Å². The molecule has 0 saturated heterocycles. The summed E-state index contributed by atoms with van der Waals surface area (Å²) in [5, 5.41) is 3.90. The van der Waals surface area contributed by atoms with Crippen molar-refractivity contribution in [3.63, 3.8) is 0 Å². The van der Waals surface area contributed by atoms with Gasteiger partial charge in [0.2, 0.25) is 0 Å². The molecule has 0 radical (unpaired) electrons. The Morgan fingerprint density at radius 1 is 1.50 bits per heavy atom. The van der Waals surface area contributed by atoms with Crippen LogP contribution in [0.15, 0.2) is 34.6 Å². The number of aromatic nitrogens is 1. The van der Waals surface area contributed by atoms with Gasteiger partial charge in [-0.2, -0.15) is 18.3 Å². The molecule has 2 rings (SSSR count). The van der Waals surface area contributed by atoms with Crippen molar-refractivity contribution >= 4 is 17.8 Å². The van der Waals surface area contributed by atoms with Crippen molar-refractivity contribution in [1.29, 1.82) is 0 Å². The monoisotopic (exact) mass is 284 g/mol. The van der Waals surface area contributed by atoms with Gasteiger partial charge in [-0.1, -0.05) is 6.07 Å². The number of amides is 1. The molecule has 8 heteroatoms. The normalized spacial score (nSPS) is 19.8. The highest BCUT2D eigenvalue weighted by atomic mass is 19.4. The van der Waals surface area contributed by atoms with Crippen LogP contribution < -0.4 is 0 Å². The number of pyridine rings is 1. The molecular weight excluding hydrogens is 273 g/mol. The molecule has 0 bridgehead atoms. The largest absolute Gasteiger partial charge is 0.432 e. The van der Waals surface area contributed by atoms with Crippen LogP contribution in [0.4, 0.5) is 13.2 Å². The van der Waals surface area contributed by atoms with E-state index < -0.39 is 23.7 Å². The first-order valence-corrected chi connectivity index (χ1v) is 5.71. The van der Waals surface area contributed by atoms with Gasteiger partial charge in [0, 0.05) is 25.7 Å². The van der Waals surface area contributed by atoms with E-state index in [9.17, 15) is 18.0 Å². The highest BCUT2D eigenvalue weighted by Crippen LogP contribution is 2.27. The number of hydrogen-bond donors (Lipinski definition) is 0. The Bertz CT molecular complexity index is 554. The smallest absolute Gasteiger partial charge is 0.291 e. The first kappa shape index (κ1) is 14.2. The third-order valence-corrected chi connectivity index (χ3v) is 2.68. The summed E-state index contributed by atoms with van der Waals surface area (Å²) in [4.78, 5) is 19.4. The lowest BCUT2D eigenvalue weighted by Crippen LogP contribution is -2.33. The van der Waals surface area contributed by atoms with Crippen molar-refractivity contribution in [2.45, 2.75) is 12.7 Å². The average Bonchev–Trinajstić information content (AvgIpc) is 2.68. The maximum absolute atomic E-state index is 12.7. The Labute approximate surface area is 112 Å². The van der Waals surface area contributed by atoms with Crippen LogP contribution in [0.2, 0.25) is 0 Å². The third-order valence-electron chi connectivity index (χ3n) is 2.68. The van der Waals surface area contributed by atoms with Crippen molar-refractivity contribution < 1.29 is 18.0 Å². The Kier molecular flexibility index (Phi) is 3.82. The molecule has 20 heavy (non-hydrogen) atoms. The number of alkyl halides is 3. The van der Waals surface area contributed by atoms with E-state index in [2.05, 4.69) is 15.1 Å². The molecule has 0 aliphatic carbocycles. The number of hydrogen-bond acceptors (Lipinski definition) is 4. The summed E-state index contributed by atoms with van der Waals surface area (Å²) in [5.41, 5.74) is -0.395. The lowest BCUT2D eigenvalue weighted by Gasteiger charge is -2.08. The highest BCUT2D eigenvalue weighted by Gasteiger charge is 2.48. The number of nitrogens with zero attached hydrogens (tertiary/aromatic N) is 4. The summed E-state index contributed by atoms with van der Waals surface area (Å²) >= 11 is 0. The van der Waals surface area contributed by atoms with E-state index >= 15 is 0 Å². The van der Waals surface area contributed by atoms with Crippen molar-refractivity contribution in [1.82, 2.24) is 9.99 Å². The summed E-state index contributed by atoms with van der Waals surface area (Å²) in [6.07, 6.45) is -0.521. The topological polar surface area (TPSA) is 57.9 Å². The zero-order chi connectivity index (χ0) is 14.8. The van der Waals surface area contributed by atoms with Gasteiger partial charge in [0.25, 0.3) is 5.91 Å². The number of hydrazone groups is 1. The molecule has 1 aliphatic heterocycles. The number of rotatable bonds is 3. The summed E-state index contributed by atoms with van der Waals surface area (Å²) in [7, 11) is 1.18. The minimum absolute atomic E-state index is 0.159. The van der Waals surface area contributed by atoms with E-state index in [1.54, 1.807) is 24.5 Å². The average molecular weight is 284 g/mol. The van der Waals surface area contributed by atoms with Crippen molar-refractivity contribution in [3.05, 3.63) is 30.1 Å². The predicted molar refractivity (Wildman–Crippen MR) is 66.2 cm³/mol. The van der Waals surface area contributed by atoms with Crippen LogP contribution in [0.3, 0.4) is 0 Å². The number of carbonyl (C=O) groups is 1. The van der Waals surface area contributed by atoms with Crippen LogP contribution in [0.25, 0.3) is 0 Å². The minimum Gasteiger partial charge on any atom is -0.291 e. The maximum Gasteiger partial charge on any atom is 0.432 e. The van der Waals surface area contributed by atoms with E-state index in [0.29, 0.717) is 5.01 Å². The molecule has 106 valence electrons. The first-order chi connectivity index (χ1) is 9.39. The van der Waals surface area contributed by atoms with Crippen LogP contribution in [0, 0.1) is 5.92 Å². The van der Waals surface area contributed by atoms with Crippen LogP contribution in [-0.2, 0) is 11.3 Å². The van der Waals surface area contributed by atoms with Gasteiger partial charge >= 0.3 is 6.18 Å². The second-order valence-corrected chi connectivity index (χ2v) is 4.17. The molecule has 1 aromatic heterocycles. The summed E-state index contributed by atoms with van der Waals surface area (Å²) in [5.74, 6) is -2.22. The molecule has 5 nitrogen and oxygen atoms in total. The second kappa shape index (κ2) is 5.40. The molecule has 0 unspecified atom stereocenters. The molecular formula is C12H11F3N4O. The maximum atomic E-state index is 12.7. The van der Waals surface area contributed by atoms with Crippen molar-refractivity contribution in [2.24, 2.45) is 16.0 Å². The zero-order valence-corrected chi connectivity index (χ0v) is 10.5. The highest BCUT2D eigenvalue weighted by molar-refractivity contribution is 6.20. The molecule has 1 aromatic rings. The SMILES string of the molecule is CN1N=C(C(F)(F)F)[C@H](C=NCc2cccnc2)C1=O. The second-order valence-electron chi connectivity index (χ2n) is 4.17. The first-order valence-electron chi connectivity index (χ1n) is 5.71. The van der Waals surface area contributed by atoms with E-state index in [1.807, 2.05) is 0 Å². The van der Waals surface area contributed by atoms with Gasteiger partial charge in [0.1, 0.15) is 5.92 Å². The van der Waals surface area contributed by atoms with Crippen LogP contribution in [0.1, 0.15) is 5.56 Å². The van der Waals surface area contributed by atoms with Gasteiger partial charge in [-0.25, -0.2) is 5.01 Å². The molecule has 0 saturated carbocycles. The fourth-order valence-electron chi connectivity index (χ4n) is 1.71. The summed E-state index contributed by atoms with van der Waals surface area (Å²) in [6, 6.07) is 3.44. The number of carbonyl (C=O) groups excluding carboxylic acids is 1. The standard InChI is InChI=1S/C12H11F3N4O/c1-19-11(20)9(10(18-19)12(13,14)15)7-17-6-8-3-2-4-16-5-8/h2-5,7,9H,6H2,1H3/t9-/m0/s1. The van der Waals surface area contributed by atoms with Gasteiger partial charge < -0.3 is 0 Å². The molecule has 0 aromatic carbocycles. The summed E-state index contributed by atoms with van der Waals surface area (Å²) in [6.45, 7) is 0.159. The predicted octanol–water partition coefficient (Wildman–Crippen LogP) is 1.66. The van der Waals surface area contributed by atoms with E-state index in [1.165, 1.54) is 7.05 Å². The summed E-state index contributed by atoms with van der Waals surface area (Å²) < 4.78 is 38.2. The van der Waals surface area contributed by atoms with Gasteiger partial charge in [-0.3, -0.25) is 14.8 Å². The third kappa shape index (κ3) is 3.01. The molecule has 1 atom stereocenters. The lowest BCUT2D eigenvalue weighted by atomic mass is 10.0. The van der Waals surface area contributed by atoms with Crippen LogP contribution >= 0.6 is 0 Å². The van der Waals surface area contributed by atoms with Gasteiger partial charge in [-0.15, -0.1) is 0 Å². The lowest BCUT2D eigenvalue weighted by molar-refractivity contribution is -0.129. The number of aliphatic imine (C=N–C) groups is 1. The Balaban J connectivity index is 2.11. The fourth-order valence-corrected chi connectivity index (χ4v) is 1.71. The molecule has 0 N–H and O–H groups in total. The Morgan fingerprint density at radius 2 is 2.25 bits per heavy atom. The number of halogens is 3. The molecule has 1 amide bonds. The zero-order valence-electron chi connectivity index (χ0n) is 10.5. The van der Waals surface area contributed by atoms with E-state index in [-0.39, 0.29) is 6.54 Å². The molecule has 0 spiro atoms.